The lowest BCUT2D eigenvalue weighted by molar-refractivity contribution is -0.0527. The fourth-order valence-electron chi connectivity index (χ4n) is 2.86. The van der Waals surface area contributed by atoms with E-state index in [1.54, 1.807) is 0 Å². The molecule has 0 amide bonds. The third-order valence-corrected chi connectivity index (χ3v) is 4.14. The van der Waals surface area contributed by atoms with Crippen molar-refractivity contribution in [2.45, 2.75) is 38.4 Å². The third-order valence-electron chi connectivity index (χ3n) is 4.14. The Morgan fingerprint density at radius 3 is 2.70 bits per heavy atom. The van der Waals surface area contributed by atoms with Crippen molar-refractivity contribution in [2.75, 3.05) is 26.4 Å². The number of benzene rings is 1. The Morgan fingerprint density at radius 2 is 2.10 bits per heavy atom. The van der Waals surface area contributed by atoms with Crippen molar-refractivity contribution >= 4 is 0 Å². The van der Waals surface area contributed by atoms with Crippen LogP contribution in [-0.2, 0) is 4.74 Å². The molecule has 0 radical (unpaired) electrons. The van der Waals surface area contributed by atoms with Gasteiger partial charge in [0.25, 0.3) is 0 Å². The first-order valence-electron chi connectivity index (χ1n) is 7.43. The predicted molar refractivity (Wildman–Crippen MR) is 80.6 cm³/mol. The number of aliphatic hydroxyl groups is 1. The van der Waals surface area contributed by atoms with Crippen LogP contribution in [0.1, 0.15) is 30.5 Å². The Labute approximate surface area is 121 Å². The average Bonchev–Trinajstić information content (AvgIpc) is 2.49. The normalized spacial score (nSPS) is 23.5. The Morgan fingerprint density at radius 1 is 1.40 bits per heavy atom. The molecule has 1 saturated heterocycles. The van der Waals surface area contributed by atoms with Crippen molar-refractivity contribution in [3.63, 3.8) is 0 Å². The molecule has 3 N–H and O–H groups in total. The Balaban J connectivity index is 2.28. The van der Waals surface area contributed by atoms with Gasteiger partial charge in [-0.15, -0.1) is 0 Å². The van der Waals surface area contributed by atoms with Gasteiger partial charge in [0, 0.05) is 12.6 Å². The van der Waals surface area contributed by atoms with Crippen molar-refractivity contribution in [1.82, 2.24) is 4.90 Å². The van der Waals surface area contributed by atoms with Crippen LogP contribution in [0.25, 0.3) is 0 Å². The summed E-state index contributed by atoms with van der Waals surface area (Å²) in [6.07, 6.45) is 0.911. The summed E-state index contributed by atoms with van der Waals surface area (Å²) in [6.45, 7) is 6.41. The fourth-order valence-corrected chi connectivity index (χ4v) is 2.86. The van der Waals surface area contributed by atoms with E-state index in [1.165, 1.54) is 11.1 Å². The molecule has 0 saturated carbocycles. The van der Waals surface area contributed by atoms with Gasteiger partial charge in [-0.05, 0) is 18.9 Å². The van der Waals surface area contributed by atoms with Gasteiger partial charge in [0.15, 0.2) is 0 Å². The highest BCUT2D eigenvalue weighted by Crippen LogP contribution is 2.28. The summed E-state index contributed by atoms with van der Waals surface area (Å²) in [5, 5.41) is 9.59. The van der Waals surface area contributed by atoms with Crippen molar-refractivity contribution < 1.29 is 9.84 Å². The zero-order valence-electron chi connectivity index (χ0n) is 12.5. The number of nitrogens with zero attached hydrogens (tertiary/aromatic N) is 1. The highest BCUT2D eigenvalue weighted by molar-refractivity contribution is 5.25. The van der Waals surface area contributed by atoms with Crippen LogP contribution in [0.5, 0.6) is 0 Å². The van der Waals surface area contributed by atoms with E-state index in [4.69, 9.17) is 10.5 Å². The summed E-state index contributed by atoms with van der Waals surface area (Å²) < 4.78 is 5.48. The molecular weight excluding hydrogens is 252 g/mol. The van der Waals surface area contributed by atoms with Crippen molar-refractivity contribution in [3.05, 3.63) is 35.4 Å². The van der Waals surface area contributed by atoms with Crippen LogP contribution in [-0.4, -0.2) is 48.5 Å². The van der Waals surface area contributed by atoms with E-state index in [0.29, 0.717) is 13.2 Å². The SMILES string of the molecule is CCC(N)C(c1ccc(C)cc1)N1CCOCC1CO. The number of morpholine rings is 1. The molecule has 1 aliphatic rings. The maximum Gasteiger partial charge on any atom is 0.0645 e. The monoisotopic (exact) mass is 278 g/mol. The van der Waals surface area contributed by atoms with E-state index in [-0.39, 0.29) is 24.7 Å². The lowest BCUT2D eigenvalue weighted by Crippen LogP contribution is -2.53. The van der Waals surface area contributed by atoms with Gasteiger partial charge < -0.3 is 15.6 Å². The Bertz CT molecular complexity index is 407. The van der Waals surface area contributed by atoms with Crippen LogP contribution in [0.3, 0.4) is 0 Å². The second-order valence-electron chi connectivity index (χ2n) is 5.58. The molecule has 4 heteroatoms. The molecule has 4 nitrogen and oxygen atoms in total. The van der Waals surface area contributed by atoms with Crippen LogP contribution in [0.2, 0.25) is 0 Å². The lowest BCUT2D eigenvalue weighted by Gasteiger charge is -2.42. The van der Waals surface area contributed by atoms with Crippen LogP contribution in [0, 0.1) is 6.92 Å². The second kappa shape index (κ2) is 7.18. The zero-order valence-corrected chi connectivity index (χ0v) is 12.5. The smallest absolute Gasteiger partial charge is 0.0645 e. The van der Waals surface area contributed by atoms with Gasteiger partial charge in [-0.3, -0.25) is 4.90 Å². The number of aliphatic hydroxyl groups excluding tert-OH is 1. The molecule has 0 spiro atoms. The fraction of sp³-hybridized carbons (Fsp3) is 0.625. The van der Waals surface area contributed by atoms with Gasteiger partial charge in [0.1, 0.15) is 0 Å². The van der Waals surface area contributed by atoms with Gasteiger partial charge >= 0.3 is 0 Å². The number of hydrogen-bond donors (Lipinski definition) is 2. The highest BCUT2D eigenvalue weighted by atomic mass is 16.5. The highest BCUT2D eigenvalue weighted by Gasteiger charge is 2.32. The van der Waals surface area contributed by atoms with Crippen molar-refractivity contribution in [2.24, 2.45) is 5.73 Å². The maximum atomic E-state index is 9.59. The molecule has 1 aromatic rings. The molecule has 20 heavy (non-hydrogen) atoms. The summed E-state index contributed by atoms with van der Waals surface area (Å²) in [5.74, 6) is 0. The number of nitrogens with two attached hydrogens (primary N) is 1. The average molecular weight is 278 g/mol. The molecule has 1 fully saturated rings. The largest absolute Gasteiger partial charge is 0.395 e. The molecule has 0 aromatic heterocycles. The van der Waals surface area contributed by atoms with Gasteiger partial charge in [-0.25, -0.2) is 0 Å². The molecule has 1 aliphatic heterocycles. The number of aryl methyl sites for hydroxylation is 1. The standard InChI is InChI=1S/C16H26N2O2/c1-3-15(17)16(13-6-4-12(2)5-7-13)18-8-9-20-11-14(18)10-19/h4-7,14-16,19H,3,8-11,17H2,1-2H3. The molecule has 2 rings (SSSR count). The van der Waals surface area contributed by atoms with Gasteiger partial charge in [-0.2, -0.15) is 0 Å². The zero-order chi connectivity index (χ0) is 14.5. The van der Waals surface area contributed by atoms with E-state index < -0.39 is 0 Å². The van der Waals surface area contributed by atoms with Crippen LogP contribution < -0.4 is 5.73 Å². The molecule has 1 heterocycles. The summed E-state index contributed by atoms with van der Waals surface area (Å²) in [5.41, 5.74) is 8.85. The Hall–Kier alpha value is -0.940. The van der Waals surface area contributed by atoms with E-state index >= 15 is 0 Å². The first kappa shape index (κ1) is 15.4. The minimum atomic E-state index is 0.0349. The van der Waals surface area contributed by atoms with E-state index in [9.17, 15) is 5.11 Å². The van der Waals surface area contributed by atoms with Gasteiger partial charge in [-0.1, -0.05) is 36.8 Å². The second-order valence-corrected chi connectivity index (χ2v) is 5.58. The van der Waals surface area contributed by atoms with E-state index in [0.717, 1.165) is 13.0 Å². The summed E-state index contributed by atoms with van der Waals surface area (Å²) >= 11 is 0. The van der Waals surface area contributed by atoms with Crippen molar-refractivity contribution in [1.29, 1.82) is 0 Å². The summed E-state index contributed by atoms with van der Waals surface area (Å²) in [4.78, 5) is 2.31. The molecule has 112 valence electrons. The van der Waals surface area contributed by atoms with Gasteiger partial charge in [0.05, 0.1) is 31.9 Å². The first-order valence-corrected chi connectivity index (χ1v) is 7.43. The molecular formula is C16H26N2O2. The predicted octanol–water partition coefficient (Wildman–Crippen LogP) is 1.47. The molecule has 0 aliphatic carbocycles. The minimum absolute atomic E-state index is 0.0349. The third kappa shape index (κ3) is 3.38. The molecule has 3 atom stereocenters. The van der Waals surface area contributed by atoms with Crippen LogP contribution in [0.4, 0.5) is 0 Å². The number of hydrogen-bond acceptors (Lipinski definition) is 4. The molecule has 1 aromatic carbocycles. The number of ether oxygens (including phenoxy) is 1. The van der Waals surface area contributed by atoms with Crippen molar-refractivity contribution in [3.8, 4) is 0 Å². The first-order chi connectivity index (χ1) is 9.67. The lowest BCUT2D eigenvalue weighted by atomic mass is 9.94. The summed E-state index contributed by atoms with van der Waals surface area (Å²) in [6, 6.07) is 8.79. The minimum Gasteiger partial charge on any atom is -0.395 e. The van der Waals surface area contributed by atoms with E-state index in [2.05, 4.69) is 43.0 Å². The molecule has 0 bridgehead atoms. The summed E-state index contributed by atoms with van der Waals surface area (Å²) in [7, 11) is 0. The quantitative estimate of drug-likeness (QED) is 0.856. The number of rotatable bonds is 5. The topological polar surface area (TPSA) is 58.7 Å². The van der Waals surface area contributed by atoms with Crippen LogP contribution >= 0.6 is 0 Å². The maximum absolute atomic E-state index is 9.59. The van der Waals surface area contributed by atoms with E-state index in [1.807, 2.05) is 0 Å². The molecule has 3 unspecified atom stereocenters. The Kier molecular flexibility index (Phi) is 5.54. The van der Waals surface area contributed by atoms with Gasteiger partial charge in [0.2, 0.25) is 0 Å². The van der Waals surface area contributed by atoms with Crippen LogP contribution in [0.15, 0.2) is 24.3 Å².